The summed E-state index contributed by atoms with van der Waals surface area (Å²) in [6.45, 7) is 1.98. The zero-order valence-corrected chi connectivity index (χ0v) is 12.6. The third-order valence-corrected chi connectivity index (χ3v) is 4.87. The van der Waals surface area contributed by atoms with Crippen molar-refractivity contribution >= 4 is 16.3 Å². The van der Waals surface area contributed by atoms with Gasteiger partial charge in [-0.25, -0.2) is 0 Å². The molecule has 0 aliphatic heterocycles. The number of hydrogen-bond donors (Lipinski definition) is 1. The van der Waals surface area contributed by atoms with Crippen molar-refractivity contribution in [2.24, 2.45) is 0 Å². The zero-order valence-electron chi connectivity index (χ0n) is 11.8. The summed E-state index contributed by atoms with van der Waals surface area (Å²) in [6, 6.07) is 0. The van der Waals surface area contributed by atoms with E-state index in [1.165, 1.54) is 23.3 Å². The van der Waals surface area contributed by atoms with Gasteiger partial charge >= 0.3 is 0 Å². The molecule has 0 spiro atoms. The van der Waals surface area contributed by atoms with Crippen molar-refractivity contribution in [3.8, 4) is 11.5 Å². The minimum absolute atomic E-state index is 0.0780. The average molecular weight is 293 g/mol. The van der Waals surface area contributed by atoms with Gasteiger partial charge in [0, 0.05) is 18.4 Å². The molecule has 0 radical (unpaired) electrons. The van der Waals surface area contributed by atoms with E-state index in [9.17, 15) is 0 Å². The van der Waals surface area contributed by atoms with Crippen LogP contribution in [0, 0.1) is 0 Å². The molecule has 0 amide bonds. The summed E-state index contributed by atoms with van der Waals surface area (Å²) < 4.78 is 10.6. The molecule has 0 saturated heterocycles. The lowest BCUT2D eigenvalue weighted by atomic mass is 9.95. The summed E-state index contributed by atoms with van der Waals surface area (Å²) >= 11 is 1.66. The van der Waals surface area contributed by atoms with E-state index in [2.05, 4.69) is 10.1 Å². The predicted octanol–water partition coefficient (Wildman–Crippen LogP) is 2.84. The molecule has 3 rings (SSSR count). The van der Waals surface area contributed by atoms with Gasteiger partial charge in [0.2, 0.25) is 0 Å². The van der Waals surface area contributed by atoms with Gasteiger partial charge < -0.3 is 15.0 Å². The first kappa shape index (κ1) is 13.6. The van der Waals surface area contributed by atoms with E-state index in [0.717, 1.165) is 23.4 Å². The van der Waals surface area contributed by atoms with E-state index in [1.54, 1.807) is 18.4 Å². The fraction of sp³-hybridized carbons (Fsp3) is 0.571. The van der Waals surface area contributed by atoms with E-state index < -0.39 is 0 Å². The molecule has 0 saturated carbocycles. The highest BCUT2D eigenvalue weighted by atomic mass is 32.1. The van der Waals surface area contributed by atoms with E-state index in [4.69, 9.17) is 15.0 Å². The second-order valence-electron chi connectivity index (χ2n) is 5.22. The number of aryl methyl sites for hydroxylation is 1. The number of aromatic nitrogens is 2. The lowest BCUT2D eigenvalue weighted by molar-refractivity contribution is 0.116. The molecule has 6 heteroatoms. The molecular weight excluding hydrogens is 274 g/mol. The molecule has 2 aromatic rings. The van der Waals surface area contributed by atoms with Crippen LogP contribution in [-0.4, -0.2) is 23.4 Å². The molecule has 1 unspecified atom stereocenters. The van der Waals surface area contributed by atoms with Crippen molar-refractivity contribution in [3.63, 3.8) is 0 Å². The number of rotatable bonds is 4. The van der Waals surface area contributed by atoms with Gasteiger partial charge in [0.25, 0.3) is 5.89 Å². The van der Waals surface area contributed by atoms with Crippen molar-refractivity contribution in [2.75, 3.05) is 12.8 Å². The van der Waals surface area contributed by atoms with Crippen LogP contribution in [-0.2, 0) is 24.0 Å². The summed E-state index contributed by atoms with van der Waals surface area (Å²) in [5.74, 6) is 1.23. The summed E-state index contributed by atoms with van der Waals surface area (Å²) in [5.41, 5.74) is 8.44. The van der Waals surface area contributed by atoms with E-state index >= 15 is 0 Å². The monoisotopic (exact) mass is 293 g/mol. The normalized spacial score (nSPS) is 16.1. The topological polar surface area (TPSA) is 74.2 Å². The SMILES string of the molecule is COC(C)Cc1noc(-c2c(N)sc3c2CCCC3)n1. The highest BCUT2D eigenvalue weighted by molar-refractivity contribution is 7.16. The number of anilines is 1. The Hall–Kier alpha value is -1.40. The van der Waals surface area contributed by atoms with Gasteiger partial charge in [0.05, 0.1) is 16.7 Å². The van der Waals surface area contributed by atoms with E-state index in [1.807, 2.05) is 6.92 Å². The second kappa shape index (κ2) is 5.54. The number of methoxy groups -OCH3 is 1. The summed E-state index contributed by atoms with van der Waals surface area (Å²) in [5, 5.41) is 4.83. The summed E-state index contributed by atoms with van der Waals surface area (Å²) in [7, 11) is 1.68. The number of hydrogen-bond acceptors (Lipinski definition) is 6. The Bertz CT molecular complexity index is 606. The fourth-order valence-corrected chi connectivity index (χ4v) is 3.75. The van der Waals surface area contributed by atoms with Crippen LogP contribution in [0.3, 0.4) is 0 Å². The molecule has 2 N–H and O–H groups in total. The van der Waals surface area contributed by atoms with Gasteiger partial charge in [-0.3, -0.25) is 0 Å². The number of nitrogens with two attached hydrogens (primary N) is 1. The van der Waals surface area contributed by atoms with Gasteiger partial charge in [-0.2, -0.15) is 4.98 Å². The molecule has 5 nitrogen and oxygen atoms in total. The first-order valence-corrected chi connectivity index (χ1v) is 7.76. The van der Waals surface area contributed by atoms with Crippen LogP contribution in [0.2, 0.25) is 0 Å². The van der Waals surface area contributed by atoms with Crippen molar-refractivity contribution in [1.29, 1.82) is 0 Å². The van der Waals surface area contributed by atoms with Gasteiger partial charge in [-0.15, -0.1) is 11.3 Å². The molecule has 0 aromatic carbocycles. The lowest BCUT2D eigenvalue weighted by Crippen LogP contribution is -2.09. The number of thiophene rings is 1. The highest BCUT2D eigenvalue weighted by Gasteiger charge is 2.24. The van der Waals surface area contributed by atoms with Crippen LogP contribution in [0.4, 0.5) is 5.00 Å². The quantitative estimate of drug-likeness (QED) is 0.938. The summed E-state index contributed by atoms with van der Waals surface area (Å²) in [6.07, 6.45) is 5.35. The van der Waals surface area contributed by atoms with Gasteiger partial charge in [0.15, 0.2) is 5.82 Å². The molecule has 2 aromatic heterocycles. The average Bonchev–Trinajstić information content (AvgIpc) is 3.01. The van der Waals surface area contributed by atoms with Crippen LogP contribution in [0.5, 0.6) is 0 Å². The zero-order chi connectivity index (χ0) is 14.1. The van der Waals surface area contributed by atoms with E-state index in [-0.39, 0.29) is 6.10 Å². The van der Waals surface area contributed by atoms with Gasteiger partial charge in [-0.05, 0) is 38.2 Å². The Morgan fingerprint density at radius 3 is 3.00 bits per heavy atom. The Morgan fingerprint density at radius 2 is 2.20 bits per heavy atom. The van der Waals surface area contributed by atoms with Crippen LogP contribution in [0.25, 0.3) is 11.5 Å². The Labute approximate surface area is 122 Å². The minimum atomic E-state index is 0.0780. The predicted molar refractivity (Wildman–Crippen MR) is 78.8 cm³/mol. The van der Waals surface area contributed by atoms with Crippen molar-refractivity contribution in [1.82, 2.24) is 10.1 Å². The molecule has 108 valence electrons. The van der Waals surface area contributed by atoms with Crippen LogP contribution >= 0.6 is 11.3 Å². The standard InChI is InChI=1S/C14H19N3O2S/c1-8(18-2)7-11-16-14(19-17-11)12-9-5-3-4-6-10(9)20-13(12)15/h8H,3-7,15H2,1-2H3. The second-order valence-corrected chi connectivity index (χ2v) is 6.35. The molecule has 1 aliphatic carbocycles. The lowest BCUT2D eigenvalue weighted by Gasteiger charge is -2.10. The molecule has 0 bridgehead atoms. The molecule has 1 atom stereocenters. The van der Waals surface area contributed by atoms with Crippen LogP contribution in [0.15, 0.2) is 4.52 Å². The summed E-state index contributed by atoms with van der Waals surface area (Å²) in [4.78, 5) is 5.86. The third-order valence-electron chi connectivity index (χ3n) is 3.75. The highest BCUT2D eigenvalue weighted by Crippen LogP contribution is 2.41. The Kier molecular flexibility index (Phi) is 3.76. The largest absolute Gasteiger partial charge is 0.390 e. The number of nitrogen functional groups attached to an aromatic ring is 1. The maximum atomic E-state index is 6.16. The number of fused-ring (bicyclic) bond motifs is 1. The first-order valence-electron chi connectivity index (χ1n) is 6.94. The van der Waals surface area contributed by atoms with Crippen LogP contribution < -0.4 is 5.73 Å². The maximum Gasteiger partial charge on any atom is 0.261 e. The third kappa shape index (κ3) is 2.45. The molecule has 1 aliphatic rings. The molecule has 0 fully saturated rings. The minimum Gasteiger partial charge on any atom is -0.390 e. The smallest absolute Gasteiger partial charge is 0.261 e. The Morgan fingerprint density at radius 1 is 1.40 bits per heavy atom. The van der Waals surface area contributed by atoms with Crippen molar-refractivity contribution < 1.29 is 9.26 Å². The van der Waals surface area contributed by atoms with Crippen molar-refractivity contribution in [2.45, 2.75) is 45.1 Å². The maximum absolute atomic E-state index is 6.16. The Balaban J connectivity index is 1.91. The van der Waals surface area contributed by atoms with Gasteiger partial charge in [0.1, 0.15) is 0 Å². The first-order chi connectivity index (χ1) is 9.69. The molecule has 20 heavy (non-hydrogen) atoms. The van der Waals surface area contributed by atoms with Gasteiger partial charge in [-0.1, -0.05) is 5.16 Å². The number of ether oxygens (including phenoxy) is 1. The number of nitrogens with zero attached hydrogens (tertiary/aromatic N) is 2. The van der Waals surface area contributed by atoms with Crippen molar-refractivity contribution in [3.05, 3.63) is 16.3 Å². The fourth-order valence-electron chi connectivity index (χ4n) is 2.60. The van der Waals surface area contributed by atoms with E-state index in [0.29, 0.717) is 18.1 Å². The molecular formula is C14H19N3O2S. The van der Waals surface area contributed by atoms with Crippen LogP contribution in [0.1, 0.15) is 36.0 Å². The molecule has 2 heterocycles.